The third-order valence-electron chi connectivity index (χ3n) is 4.10. The number of carbonyl (C=O) groups is 1. The van der Waals surface area contributed by atoms with Gasteiger partial charge in [-0.25, -0.2) is 0 Å². The van der Waals surface area contributed by atoms with Crippen LogP contribution in [-0.4, -0.2) is 12.9 Å². The van der Waals surface area contributed by atoms with Crippen LogP contribution in [0.2, 0.25) is 0 Å². The third kappa shape index (κ3) is 1.52. The predicted molar refractivity (Wildman–Crippen MR) is 70.9 cm³/mol. The smallest absolute Gasteiger partial charge is 0.178 e. The van der Waals surface area contributed by atoms with Gasteiger partial charge in [0.2, 0.25) is 0 Å². The highest BCUT2D eigenvalue weighted by Crippen LogP contribution is 2.44. The molecule has 0 bridgehead atoms. The van der Waals surface area contributed by atoms with Crippen LogP contribution in [0, 0.1) is 0 Å². The van der Waals surface area contributed by atoms with Crippen molar-refractivity contribution in [2.45, 2.75) is 25.2 Å². The molecule has 3 rings (SSSR count). The summed E-state index contributed by atoms with van der Waals surface area (Å²) < 4.78 is 5.28. The fourth-order valence-electron chi connectivity index (χ4n) is 3.00. The summed E-state index contributed by atoms with van der Waals surface area (Å²) in [5.41, 5.74) is 3.73. The van der Waals surface area contributed by atoms with Crippen molar-refractivity contribution in [2.75, 3.05) is 7.11 Å². The van der Waals surface area contributed by atoms with Crippen molar-refractivity contribution >= 4 is 5.78 Å². The first-order valence-corrected chi connectivity index (χ1v) is 6.25. The number of fused-ring (bicyclic) bond motifs is 3. The van der Waals surface area contributed by atoms with Crippen LogP contribution < -0.4 is 4.74 Å². The number of ketones is 1. The first-order valence-electron chi connectivity index (χ1n) is 6.25. The Balaban J connectivity index is 2.15. The molecule has 0 saturated carbocycles. The van der Waals surface area contributed by atoms with Crippen LogP contribution in [-0.2, 0) is 16.6 Å². The Labute approximate surface area is 107 Å². The maximum absolute atomic E-state index is 11.5. The van der Waals surface area contributed by atoms with E-state index in [0.717, 1.165) is 18.6 Å². The first kappa shape index (κ1) is 11.3. The van der Waals surface area contributed by atoms with Crippen LogP contribution in [0.5, 0.6) is 5.75 Å². The zero-order chi connectivity index (χ0) is 12.8. The molecule has 1 atom stereocenters. The molecule has 2 heteroatoms. The summed E-state index contributed by atoms with van der Waals surface area (Å²) in [6.45, 7) is 2.19. The monoisotopic (exact) mass is 240 g/mol. The van der Waals surface area contributed by atoms with Crippen molar-refractivity contribution in [2.24, 2.45) is 0 Å². The lowest BCUT2D eigenvalue weighted by molar-refractivity contribution is -0.110. The average molecular weight is 240 g/mol. The molecule has 1 aromatic carbocycles. The van der Waals surface area contributed by atoms with E-state index in [1.54, 1.807) is 19.3 Å². The number of methoxy groups -OCH3 is 1. The molecule has 0 spiro atoms. The molecule has 92 valence electrons. The summed E-state index contributed by atoms with van der Waals surface area (Å²) in [6, 6.07) is 6.24. The Bertz CT molecular complexity index is 581. The molecule has 0 aromatic heterocycles. The van der Waals surface area contributed by atoms with E-state index in [0.29, 0.717) is 0 Å². The van der Waals surface area contributed by atoms with Gasteiger partial charge >= 0.3 is 0 Å². The summed E-state index contributed by atoms with van der Waals surface area (Å²) >= 11 is 0. The molecule has 2 aliphatic rings. The number of rotatable bonds is 1. The van der Waals surface area contributed by atoms with Gasteiger partial charge in [-0.2, -0.15) is 0 Å². The Morgan fingerprint density at radius 3 is 2.89 bits per heavy atom. The minimum Gasteiger partial charge on any atom is -0.497 e. The number of hydrogen-bond acceptors (Lipinski definition) is 2. The van der Waals surface area contributed by atoms with Gasteiger partial charge in [0, 0.05) is 5.41 Å². The zero-order valence-electron chi connectivity index (χ0n) is 10.7. The highest BCUT2D eigenvalue weighted by molar-refractivity contribution is 6.01. The van der Waals surface area contributed by atoms with Crippen molar-refractivity contribution in [1.82, 2.24) is 0 Å². The van der Waals surface area contributed by atoms with Gasteiger partial charge in [0.25, 0.3) is 0 Å². The molecule has 0 fully saturated rings. The minimum absolute atomic E-state index is 0.111. The molecule has 18 heavy (non-hydrogen) atoms. The molecule has 1 aromatic rings. The topological polar surface area (TPSA) is 26.3 Å². The van der Waals surface area contributed by atoms with E-state index >= 15 is 0 Å². The number of allylic oxidation sites excluding steroid dienone is 4. The molecule has 2 aliphatic carbocycles. The van der Waals surface area contributed by atoms with Crippen molar-refractivity contribution < 1.29 is 9.53 Å². The average Bonchev–Trinajstić information content (AvgIpc) is 2.39. The van der Waals surface area contributed by atoms with E-state index in [4.69, 9.17) is 4.74 Å². The normalized spacial score (nSPS) is 25.2. The standard InChI is InChI=1S/C16H16O2/c1-16-8-7-13(17)10-12(16)4-3-11-9-14(18-2)5-6-15(11)16/h5-10H,3-4H2,1-2H3. The van der Waals surface area contributed by atoms with Gasteiger partial charge in [-0.15, -0.1) is 0 Å². The zero-order valence-corrected chi connectivity index (χ0v) is 10.7. The van der Waals surface area contributed by atoms with E-state index in [1.807, 2.05) is 12.1 Å². The number of aryl methyl sites for hydroxylation is 1. The largest absolute Gasteiger partial charge is 0.497 e. The van der Waals surface area contributed by atoms with Crippen LogP contribution in [0.3, 0.4) is 0 Å². The molecule has 0 aliphatic heterocycles. The van der Waals surface area contributed by atoms with Crippen molar-refractivity contribution in [3.63, 3.8) is 0 Å². The van der Waals surface area contributed by atoms with Gasteiger partial charge in [0.15, 0.2) is 5.78 Å². The van der Waals surface area contributed by atoms with Crippen LogP contribution in [0.25, 0.3) is 0 Å². The Morgan fingerprint density at radius 2 is 2.11 bits per heavy atom. The minimum atomic E-state index is -0.117. The van der Waals surface area contributed by atoms with Crippen LogP contribution >= 0.6 is 0 Å². The molecular formula is C16H16O2. The van der Waals surface area contributed by atoms with Crippen molar-refractivity contribution in [1.29, 1.82) is 0 Å². The first-order chi connectivity index (χ1) is 8.63. The van der Waals surface area contributed by atoms with Gasteiger partial charge in [0.1, 0.15) is 5.75 Å². The maximum atomic E-state index is 11.5. The lowest BCUT2D eigenvalue weighted by atomic mass is 9.66. The van der Waals surface area contributed by atoms with E-state index < -0.39 is 0 Å². The SMILES string of the molecule is COc1ccc2c(c1)CCC1=CC(=O)C=CC12C. The quantitative estimate of drug-likeness (QED) is 0.754. The second kappa shape index (κ2) is 3.84. The Hall–Kier alpha value is -1.83. The molecular weight excluding hydrogens is 224 g/mol. The number of benzene rings is 1. The third-order valence-corrected chi connectivity index (χ3v) is 4.10. The fraction of sp³-hybridized carbons (Fsp3) is 0.312. The summed E-state index contributed by atoms with van der Waals surface area (Å²) in [7, 11) is 1.69. The second-order valence-corrected chi connectivity index (χ2v) is 5.13. The summed E-state index contributed by atoms with van der Waals surface area (Å²) in [4.78, 5) is 11.5. The van der Waals surface area contributed by atoms with E-state index in [9.17, 15) is 4.79 Å². The summed E-state index contributed by atoms with van der Waals surface area (Å²) in [5, 5.41) is 0. The Kier molecular flexibility index (Phi) is 2.40. The second-order valence-electron chi connectivity index (χ2n) is 5.13. The van der Waals surface area contributed by atoms with Gasteiger partial charge in [0.05, 0.1) is 7.11 Å². The summed E-state index contributed by atoms with van der Waals surface area (Å²) in [6.07, 6.45) is 7.45. The predicted octanol–water partition coefficient (Wildman–Crippen LogP) is 2.96. The van der Waals surface area contributed by atoms with Crippen LogP contribution in [0.1, 0.15) is 24.5 Å². The highest BCUT2D eigenvalue weighted by atomic mass is 16.5. The molecule has 2 nitrogen and oxygen atoms in total. The van der Waals surface area contributed by atoms with E-state index in [-0.39, 0.29) is 11.2 Å². The number of ether oxygens (including phenoxy) is 1. The molecule has 0 N–H and O–H groups in total. The summed E-state index contributed by atoms with van der Waals surface area (Å²) in [5.74, 6) is 1.01. The fourth-order valence-corrected chi connectivity index (χ4v) is 3.00. The molecule has 0 saturated heterocycles. The lowest BCUT2D eigenvalue weighted by Gasteiger charge is -2.38. The van der Waals surface area contributed by atoms with Crippen molar-refractivity contribution in [3.8, 4) is 5.75 Å². The molecule has 0 amide bonds. The Morgan fingerprint density at radius 1 is 1.28 bits per heavy atom. The van der Waals surface area contributed by atoms with E-state index in [2.05, 4.69) is 19.1 Å². The number of hydrogen-bond donors (Lipinski definition) is 0. The van der Waals surface area contributed by atoms with E-state index in [1.165, 1.54) is 16.7 Å². The molecule has 1 unspecified atom stereocenters. The van der Waals surface area contributed by atoms with Gasteiger partial charge in [-0.1, -0.05) is 17.7 Å². The molecule has 0 radical (unpaired) electrons. The van der Waals surface area contributed by atoms with Crippen LogP contribution in [0.4, 0.5) is 0 Å². The highest BCUT2D eigenvalue weighted by Gasteiger charge is 2.36. The lowest BCUT2D eigenvalue weighted by Crippen LogP contribution is -2.30. The van der Waals surface area contributed by atoms with Gasteiger partial charge in [-0.05, 0) is 55.2 Å². The molecule has 0 heterocycles. The maximum Gasteiger partial charge on any atom is 0.178 e. The van der Waals surface area contributed by atoms with Gasteiger partial charge < -0.3 is 4.74 Å². The van der Waals surface area contributed by atoms with Gasteiger partial charge in [-0.3, -0.25) is 4.79 Å². The van der Waals surface area contributed by atoms with Crippen LogP contribution in [0.15, 0.2) is 42.0 Å². The van der Waals surface area contributed by atoms with Crippen molar-refractivity contribution in [3.05, 3.63) is 53.1 Å². The number of carbonyl (C=O) groups excluding carboxylic acids is 1.